The summed E-state index contributed by atoms with van der Waals surface area (Å²) in [5.41, 5.74) is 0.726. The third-order valence-electron chi connectivity index (χ3n) is 2.61. The number of hydrogen-bond acceptors (Lipinski definition) is 4. The Labute approximate surface area is 119 Å². The summed E-state index contributed by atoms with van der Waals surface area (Å²) >= 11 is 0. The van der Waals surface area contributed by atoms with Crippen LogP contribution in [0.4, 0.5) is 5.69 Å². The number of benzene rings is 2. The lowest BCUT2D eigenvalue weighted by Crippen LogP contribution is -2.04. The molecule has 0 aliphatic heterocycles. The molecule has 2 aromatic rings. The molecule has 0 atom stereocenters. The van der Waals surface area contributed by atoms with Crippen molar-refractivity contribution in [2.75, 3.05) is 18.3 Å². The van der Waals surface area contributed by atoms with Crippen LogP contribution in [0.3, 0.4) is 0 Å². The summed E-state index contributed by atoms with van der Waals surface area (Å²) in [4.78, 5) is 0. The van der Waals surface area contributed by atoms with Crippen molar-refractivity contribution in [3.8, 4) is 0 Å². The zero-order valence-corrected chi connectivity index (χ0v) is 12.7. The maximum Gasteiger partial charge on any atom is 0.432 e. The molecule has 0 aliphatic carbocycles. The molecular weight excluding hydrogens is 275 g/mol. The van der Waals surface area contributed by atoms with E-state index in [0.717, 1.165) is 16.5 Å². The van der Waals surface area contributed by atoms with Gasteiger partial charge in [-0.2, -0.15) is 0 Å². The van der Waals surface area contributed by atoms with Crippen LogP contribution in [-0.4, -0.2) is 13.2 Å². The van der Waals surface area contributed by atoms with Gasteiger partial charge in [0, 0.05) is 5.69 Å². The summed E-state index contributed by atoms with van der Waals surface area (Å²) < 4.78 is 22.8. The van der Waals surface area contributed by atoms with Crippen LogP contribution in [0.25, 0.3) is 10.8 Å². The molecular formula is C14H21N2O3P. The van der Waals surface area contributed by atoms with E-state index in [1.54, 1.807) is 13.8 Å². The van der Waals surface area contributed by atoms with E-state index >= 15 is 0 Å². The lowest BCUT2D eigenvalue weighted by molar-refractivity contribution is 0.225. The fraction of sp³-hybridized carbons (Fsp3) is 0.286. The molecule has 0 spiro atoms. The number of anilines is 1. The van der Waals surface area contributed by atoms with Gasteiger partial charge in [0.1, 0.15) is 0 Å². The van der Waals surface area contributed by atoms with Gasteiger partial charge in [-0.1, -0.05) is 30.3 Å². The highest BCUT2D eigenvalue weighted by atomic mass is 31.2. The molecule has 0 aromatic heterocycles. The summed E-state index contributed by atoms with van der Waals surface area (Å²) in [6.45, 7) is 4.23. The molecule has 6 heteroatoms. The van der Waals surface area contributed by atoms with E-state index in [1.165, 1.54) is 0 Å². The van der Waals surface area contributed by atoms with Crippen molar-refractivity contribution in [3.05, 3.63) is 42.5 Å². The van der Waals surface area contributed by atoms with Crippen LogP contribution in [0, 0.1) is 0 Å². The molecule has 0 fully saturated rings. The van der Waals surface area contributed by atoms with Crippen LogP contribution < -0.4 is 11.2 Å². The third-order valence-corrected chi connectivity index (χ3v) is 4.34. The fourth-order valence-corrected chi connectivity index (χ4v) is 3.20. The summed E-state index contributed by atoms with van der Waals surface area (Å²) in [7, 11) is -3.27. The van der Waals surface area contributed by atoms with E-state index in [9.17, 15) is 4.57 Å². The van der Waals surface area contributed by atoms with Gasteiger partial charge >= 0.3 is 7.75 Å². The predicted octanol–water partition coefficient (Wildman–Crippen LogP) is 4.59. The van der Waals surface area contributed by atoms with Crippen LogP contribution in [0.2, 0.25) is 0 Å². The molecule has 5 nitrogen and oxygen atoms in total. The summed E-state index contributed by atoms with van der Waals surface area (Å²) in [5, 5.41) is 5.07. The standard InChI is InChI=1S/C14H18NO3P.H3N/c1-3-17-19(16,18-4-2)15-14-10-9-12-7-5-6-8-13(12)11-14;/h5-11H,3-4H2,1-2H3,(H,15,16);1H3. The van der Waals surface area contributed by atoms with E-state index < -0.39 is 7.75 Å². The molecule has 0 saturated carbocycles. The zero-order valence-electron chi connectivity index (χ0n) is 11.8. The van der Waals surface area contributed by atoms with Gasteiger partial charge in [0.2, 0.25) is 0 Å². The quantitative estimate of drug-likeness (QED) is 0.761. The zero-order chi connectivity index (χ0) is 13.7. The minimum atomic E-state index is -3.27. The maximum atomic E-state index is 12.4. The lowest BCUT2D eigenvalue weighted by atomic mass is 10.1. The van der Waals surface area contributed by atoms with Gasteiger partial charge in [-0.05, 0) is 36.8 Å². The van der Waals surface area contributed by atoms with Crippen molar-refractivity contribution in [1.29, 1.82) is 0 Å². The Balaban J connectivity index is 0.00000200. The fourth-order valence-electron chi connectivity index (χ4n) is 1.86. The van der Waals surface area contributed by atoms with Crippen molar-refractivity contribution >= 4 is 24.2 Å². The molecule has 0 unspecified atom stereocenters. The Morgan fingerprint density at radius 3 is 2.20 bits per heavy atom. The first-order chi connectivity index (χ1) is 9.17. The smallest absolute Gasteiger partial charge is 0.344 e. The molecule has 2 rings (SSSR count). The molecule has 110 valence electrons. The highest BCUT2D eigenvalue weighted by Gasteiger charge is 2.23. The Morgan fingerprint density at radius 1 is 1.00 bits per heavy atom. The first kappa shape index (κ1) is 16.7. The van der Waals surface area contributed by atoms with Crippen LogP contribution in [0.5, 0.6) is 0 Å². The first-order valence-electron chi connectivity index (χ1n) is 6.33. The molecule has 0 radical (unpaired) electrons. The second-order valence-electron chi connectivity index (χ2n) is 4.01. The van der Waals surface area contributed by atoms with Crippen LogP contribution >= 0.6 is 7.75 Å². The van der Waals surface area contributed by atoms with Crippen LogP contribution in [-0.2, 0) is 13.6 Å². The summed E-state index contributed by atoms with van der Waals surface area (Å²) in [6, 6.07) is 13.8. The second kappa shape index (κ2) is 7.41. The monoisotopic (exact) mass is 296 g/mol. The SMILES string of the molecule is CCOP(=O)(Nc1ccc2ccccc2c1)OCC.N. The van der Waals surface area contributed by atoms with E-state index in [0.29, 0.717) is 13.2 Å². The van der Waals surface area contributed by atoms with Gasteiger partial charge in [-0.3, -0.25) is 14.1 Å². The van der Waals surface area contributed by atoms with Crippen molar-refractivity contribution in [2.24, 2.45) is 0 Å². The van der Waals surface area contributed by atoms with E-state index in [4.69, 9.17) is 9.05 Å². The normalized spacial score (nSPS) is 11.1. The van der Waals surface area contributed by atoms with Crippen LogP contribution in [0.1, 0.15) is 13.8 Å². The number of rotatable bonds is 6. The Bertz CT molecular complexity index is 594. The maximum absolute atomic E-state index is 12.4. The van der Waals surface area contributed by atoms with Crippen molar-refractivity contribution in [1.82, 2.24) is 6.15 Å². The molecule has 2 aromatic carbocycles. The third kappa shape index (κ3) is 4.05. The Morgan fingerprint density at radius 2 is 1.60 bits per heavy atom. The van der Waals surface area contributed by atoms with Gasteiger partial charge in [-0.15, -0.1) is 0 Å². The second-order valence-corrected chi connectivity index (χ2v) is 5.74. The van der Waals surface area contributed by atoms with Crippen LogP contribution in [0.15, 0.2) is 42.5 Å². The Kier molecular flexibility index (Phi) is 6.17. The molecule has 0 saturated heterocycles. The average Bonchev–Trinajstić information content (AvgIpc) is 2.39. The predicted molar refractivity (Wildman–Crippen MR) is 83.5 cm³/mol. The van der Waals surface area contributed by atoms with Gasteiger partial charge in [0.25, 0.3) is 0 Å². The Hall–Kier alpha value is -1.39. The largest absolute Gasteiger partial charge is 0.432 e. The summed E-state index contributed by atoms with van der Waals surface area (Å²) in [6.07, 6.45) is 0. The molecule has 0 bridgehead atoms. The summed E-state index contributed by atoms with van der Waals surface area (Å²) in [5.74, 6) is 0. The van der Waals surface area contributed by atoms with Crippen molar-refractivity contribution in [3.63, 3.8) is 0 Å². The minimum Gasteiger partial charge on any atom is -0.344 e. The topological polar surface area (TPSA) is 82.6 Å². The number of hydrogen-bond donors (Lipinski definition) is 2. The number of fused-ring (bicyclic) bond motifs is 1. The molecule has 0 heterocycles. The minimum absolute atomic E-state index is 0. The molecule has 4 N–H and O–H groups in total. The van der Waals surface area contributed by atoms with Crippen molar-refractivity contribution in [2.45, 2.75) is 13.8 Å². The van der Waals surface area contributed by atoms with Gasteiger partial charge in [-0.25, -0.2) is 4.57 Å². The van der Waals surface area contributed by atoms with Gasteiger partial charge in [0.15, 0.2) is 0 Å². The number of nitrogens with one attached hydrogen (secondary N) is 1. The van der Waals surface area contributed by atoms with Gasteiger partial charge in [0.05, 0.1) is 13.2 Å². The highest BCUT2D eigenvalue weighted by Crippen LogP contribution is 2.47. The molecule has 20 heavy (non-hydrogen) atoms. The van der Waals surface area contributed by atoms with Gasteiger partial charge < -0.3 is 6.15 Å². The molecule has 0 aliphatic rings. The average molecular weight is 296 g/mol. The van der Waals surface area contributed by atoms with E-state index in [2.05, 4.69) is 5.09 Å². The van der Waals surface area contributed by atoms with E-state index in [-0.39, 0.29) is 6.15 Å². The highest BCUT2D eigenvalue weighted by molar-refractivity contribution is 7.55. The molecule has 0 amide bonds. The lowest BCUT2D eigenvalue weighted by Gasteiger charge is -2.18. The van der Waals surface area contributed by atoms with E-state index in [1.807, 2.05) is 42.5 Å². The van der Waals surface area contributed by atoms with Crippen molar-refractivity contribution < 1.29 is 13.6 Å². The first-order valence-corrected chi connectivity index (χ1v) is 7.87.